The molecular formula is C25H23ClN2O3. The molecule has 3 aromatic rings. The first-order valence-corrected chi connectivity index (χ1v) is 10.5. The van der Waals surface area contributed by atoms with Crippen molar-refractivity contribution in [3.8, 4) is 16.9 Å². The zero-order valence-electron chi connectivity index (χ0n) is 17.3. The Hall–Kier alpha value is -3.31. The molecule has 5 nitrogen and oxygen atoms in total. The Morgan fingerprint density at radius 2 is 1.35 bits per heavy atom. The standard InChI is InChI=1S/C25H23ClN2O3/c1-31-23-12-11-21(26)17-22(23)25(30)28-15-13-27(14-16-28)24(29)20-9-7-19(8-10-20)18-5-3-2-4-6-18/h2-12,17H,13-16H2,1H3. The molecule has 1 aliphatic heterocycles. The largest absolute Gasteiger partial charge is 0.496 e. The highest BCUT2D eigenvalue weighted by Gasteiger charge is 2.27. The third-order valence-electron chi connectivity index (χ3n) is 5.49. The molecule has 0 N–H and O–H groups in total. The Balaban J connectivity index is 1.40. The van der Waals surface area contributed by atoms with E-state index >= 15 is 0 Å². The van der Waals surface area contributed by atoms with Crippen LogP contribution in [-0.2, 0) is 0 Å². The normalized spacial score (nSPS) is 13.7. The van der Waals surface area contributed by atoms with Gasteiger partial charge < -0.3 is 14.5 Å². The van der Waals surface area contributed by atoms with Gasteiger partial charge >= 0.3 is 0 Å². The number of ether oxygens (including phenoxy) is 1. The van der Waals surface area contributed by atoms with Gasteiger partial charge in [-0.3, -0.25) is 9.59 Å². The highest BCUT2D eigenvalue weighted by molar-refractivity contribution is 6.31. The van der Waals surface area contributed by atoms with Crippen LogP contribution in [0.25, 0.3) is 11.1 Å². The molecule has 3 aromatic carbocycles. The van der Waals surface area contributed by atoms with Crippen LogP contribution in [0.15, 0.2) is 72.8 Å². The maximum Gasteiger partial charge on any atom is 0.257 e. The van der Waals surface area contributed by atoms with Crippen molar-refractivity contribution in [3.63, 3.8) is 0 Å². The zero-order chi connectivity index (χ0) is 21.8. The summed E-state index contributed by atoms with van der Waals surface area (Å²) in [6.07, 6.45) is 0. The molecule has 1 saturated heterocycles. The minimum absolute atomic E-state index is 0.0213. The van der Waals surface area contributed by atoms with Crippen molar-refractivity contribution < 1.29 is 14.3 Å². The van der Waals surface area contributed by atoms with Crippen molar-refractivity contribution >= 4 is 23.4 Å². The number of rotatable bonds is 4. The smallest absolute Gasteiger partial charge is 0.257 e. The van der Waals surface area contributed by atoms with Crippen LogP contribution in [0, 0.1) is 0 Å². The van der Waals surface area contributed by atoms with Crippen molar-refractivity contribution in [1.29, 1.82) is 0 Å². The number of carbonyl (C=O) groups excluding carboxylic acids is 2. The number of carbonyl (C=O) groups is 2. The van der Waals surface area contributed by atoms with Crippen molar-refractivity contribution in [2.75, 3.05) is 33.3 Å². The van der Waals surface area contributed by atoms with Gasteiger partial charge in [-0.15, -0.1) is 0 Å². The second-order valence-electron chi connectivity index (χ2n) is 7.37. The lowest BCUT2D eigenvalue weighted by Crippen LogP contribution is -2.50. The Bertz CT molecular complexity index is 1080. The first-order chi connectivity index (χ1) is 15.1. The van der Waals surface area contributed by atoms with E-state index in [0.29, 0.717) is 48.1 Å². The highest BCUT2D eigenvalue weighted by Crippen LogP contribution is 2.25. The maximum atomic E-state index is 12.9. The van der Waals surface area contributed by atoms with E-state index in [1.165, 1.54) is 7.11 Å². The van der Waals surface area contributed by atoms with Crippen molar-refractivity contribution in [1.82, 2.24) is 9.80 Å². The molecular weight excluding hydrogens is 412 g/mol. The number of halogens is 1. The van der Waals surface area contributed by atoms with E-state index in [2.05, 4.69) is 0 Å². The minimum Gasteiger partial charge on any atom is -0.496 e. The lowest BCUT2D eigenvalue weighted by Gasteiger charge is -2.35. The van der Waals surface area contributed by atoms with Crippen LogP contribution >= 0.6 is 11.6 Å². The summed E-state index contributed by atoms with van der Waals surface area (Å²) in [5.74, 6) is 0.331. The Morgan fingerprint density at radius 1 is 0.774 bits per heavy atom. The minimum atomic E-state index is -0.140. The van der Waals surface area contributed by atoms with Crippen LogP contribution in [0.5, 0.6) is 5.75 Å². The predicted octanol–water partition coefficient (Wildman–Crippen LogP) is 4.61. The monoisotopic (exact) mass is 434 g/mol. The lowest BCUT2D eigenvalue weighted by molar-refractivity contribution is 0.0533. The third kappa shape index (κ3) is 4.57. The first kappa shape index (κ1) is 20.9. The Labute approximate surface area is 186 Å². The summed E-state index contributed by atoms with van der Waals surface area (Å²) >= 11 is 6.06. The zero-order valence-corrected chi connectivity index (χ0v) is 18.0. The molecule has 1 heterocycles. The summed E-state index contributed by atoms with van der Waals surface area (Å²) in [6.45, 7) is 1.88. The average Bonchev–Trinajstić information content (AvgIpc) is 2.84. The summed E-state index contributed by atoms with van der Waals surface area (Å²) in [5.41, 5.74) is 3.27. The number of nitrogens with zero attached hydrogens (tertiary/aromatic N) is 2. The quantitative estimate of drug-likeness (QED) is 0.602. The number of hydrogen-bond donors (Lipinski definition) is 0. The molecule has 4 rings (SSSR count). The van der Waals surface area contributed by atoms with Gasteiger partial charge in [0.15, 0.2) is 0 Å². The van der Waals surface area contributed by atoms with Gasteiger partial charge in [0.2, 0.25) is 0 Å². The van der Waals surface area contributed by atoms with E-state index in [0.717, 1.165) is 11.1 Å². The van der Waals surface area contributed by atoms with Gasteiger partial charge in [-0.2, -0.15) is 0 Å². The molecule has 0 atom stereocenters. The van der Waals surface area contributed by atoms with Crippen LogP contribution in [0.1, 0.15) is 20.7 Å². The number of benzene rings is 3. The molecule has 1 fully saturated rings. The summed E-state index contributed by atoms with van der Waals surface area (Å²) in [6, 6.07) is 22.7. The Kier molecular flexibility index (Phi) is 6.23. The van der Waals surface area contributed by atoms with Crippen molar-refractivity contribution in [2.45, 2.75) is 0 Å². The number of hydrogen-bond acceptors (Lipinski definition) is 3. The number of piperazine rings is 1. The topological polar surface area (TPSA) is 49.9 Å². The summed E-state index contributed by atoms with van der Waals surface area (Å²) < 4.78 is 5.30. The highest BCUT2D eigenvalue weighted by atomic mass is 35.5. The maximum absolute atomic E-state index is 12.9. The van der Waals surface area contributed by atoms with Gasteiger partial charge in [0.25, 0.3) is 11.8 Å². The van der Waals surface area contributed by atoms with Gasteiger partial charge in [-0.05, 0) is 41.5 Å². The first-order valence-electron chi connectivity index (χ1n) is 10.1. The molecule has 0 unspecified atom stereocenters. The molecule has 1 aliphatic rings. The third-order valence-corrected chi connectivity index (χ3v) is 5.72. The summed E-state index contributed by atoms with van der Waals surface area (Å²) in [5, 5.41) is 0.483. The van der Waals surface area contributed by atoms with E-state index in [-0.39, 0.29) is 11.8 Å². The van der Waals surface area contributed by atoms with Gasteiger partial charge in [-0.1, -0.05) is 54.1 Å². The molecule has 0 saturated carbocycles. The van der Waals surface area contributed by atoms with E-state index in [4.69, 9.17) is 16.3 Å². The van der Waals surface area contributed by atoms with Gasteiger partial charge in [-0.25, -0.2) is 0 Å². The van der Waals surface area contributed by atoms with Gasteiger partial charge in [0.05, 0.1) is 12.7 Å². The molecule has 2 amide bonds. The number of methoxy groups -OCH3 is 1. The molecule has 6 heteroatoms. The molecule has 0 aliphatic carbocycles. The summed E-state index contributed by atoms with van der Waals surface area (Å²) in [4.78, 5) is 29.4. The second kappa shape index (κ2) is 9.23. The van der Waals surface area contributed by atoms with Crippen LogP contribution in [0.4, 0.5) is 0 Å². The van der Waals surface area contributed by atoms with Crippen LogP contribution in [0.3, 0.4) is 0 Å². The fraction of sp³-hybridized carbons (Fsp3) is 0.200. The van der Waals surface area contributed by atoms with E-state index < -0.39 is 0 Å². The van der Waals surface area contributed by atoms with Crippen LogP contribution in [-0.4, -0.2) is 54.9 Å². The van der Waals surface area contributed by atoms with Crippen LogP contribution in [0.2, 0.25) is 5.02 Å². The second-order valence-corrected chi connectivity index (χ2v) is 7.81. The lowest BCUT2D eigenvalue weighted by atomic mass is 10.0. The van der Waals surface area contributed by atoms with E-state index in [9.17, 15) is 9.59 Å². The Morgan fingerprint density at radius 3 is 1.97 bits per heavy atom. The molecule has 0 radical (unpaired) electrons. The molecule has 31 heavy (non-hydrogen) atoms. The van der Waals surface area contributed by atoms with Crippen molar-refractivity contribution in [3.05, 3.63) is 88.9 Å². The number of amides is 2. The van der Waals surface area contributed by atoms with Crippen molar-refractivity contribution in [2.24, 2.45) is 0 Å². The fourth-order valence-electron chi connectivity index (χ4n) is 3.75. The van der Waals surface area contributed by atoms with Crippen LogP contribution < -0.4 is 4.74 Å². The SMILES string of the molecule is COc1ccc(Cl)cc1C(=O)N1CCN(C(=O)c2ccc(-c3ccccc3)cc2)CC1. The van der Waals surface area contributed by atoms with E-state index in [1.54, 1.807) is 28.0 Å². The molecule has 158 valence electrons. The van der Waals surface area contributed by atoms with E-state index in [1.807, 2.05) is 54.6 Å². The molecule has 0 spiro atoms. The average molecular weight is 435 g/mol. The van der Waals surface area contributed by atoms with Gasteiger partial charge in [0, 0.05) is 36.8 Å². The summed E-state index contributed by atoms with van der Waals surface area (Å²) in [7, 11) is 1.53. The molecule has 0 bridgehead atoms. The van der Waals surface area contributed by atoms with Gasteiger partial charge in [0.1, 0.15) is 5.75 Å². The molecule has 0 aromatic heterocycles. The fourth-order valence-corrected chi connectivity index (χ4v) is 3.92. The predicted molar refractivity (Wildman–Crippen MR) is 122 cm³/mol.